The number of imidazole rings is 1. The van der Waals surface area contributed by atoms with Gasteiger partial charge in [0.1, 0.15) is 17.5 Å². The molecule has 2 N–H and O–H groups in total. The maximum Gasteiger partial charge on any atom is 0.417 e. The number of para-hydroxylation sites is 2. The van der Waals surface area contributed by atoms with Gasteiger partial charge in [-0.25, -0.2) is 4.98 Å². The third-order valence-electron chi connectivity index (χ3n) is 4.91. The van der Waals surface area contributed by atoms with Crippen molar-refractivity contribution in [1.29, 1.82) is 5.26 Å². The molecule has 31 heavy (non-hydrogen) atoms. The molecular weight excluding hydrogens is 407 g/mol. The highest BCUT2D eigenvalue weighted by atomic mass is 19.4. The molecule has 2 heterocycles. The van der Waals surface area contributed by atoms with Gasteiger partial charge in [0, 0.05) is 19.2 Å². The van der Waals surface area contributed by atoms with Gasteiger partial charge in [0.05, 0.1) is 16.6 Å². The summed E-state index contributed by atoms with van der Waals surface area (Å²) in [5.41, 5.74) is 0.682. The van der Waals surface area contributed by atoms with Crippen molar-refractivity contribution < 1.29 is 18.0 Å². The smallest absolute Gasteiger partial charge is 0.367 e. The van der Waals surface area contributed by atoms with Gasteiger partial charge in [-0.2, -0.15) is 18.4 Å². The number of nitrogens with zero attached hydrogens (tertiary/aromatic N) is 3. The maximum atomic E-state index is 13.7. The summed E-state index contributed by atoms with van der Waals surface area (Å²) in [5.74, 6) is -0.0709. The van der Waals surface area contributed by atoms with E-state index < -0.39 is 17.3 Å². The lowest BCUT2D eigenvalue weighted by atomic mass is 10.1. The number of carbonyl (C=O) groups excluding carboxylic acids is 1. The second-order valence-electron chi connectivity index (χ2n) is 6.82. The zero-order chi connectivity index (χ0) is 22.2. The molecule has 0 spiro atoms. The molecule has 0 fully saturated rings. The van der Waals surface area contributed by atoms with Crippen molar-refractivity contribution in [2.75, 3.05) is 12.4 Å². The van der Waals surface area contributed by atoms with Crippen molar-refractivity contribution in [2.45, 2.75) is 12.7 Å². The molecule has 156 valence electrons. The molecule has 0 saturated carbocycles. The number of aromatic nitrogens is 2. The third-order valence-corrected chi connectivity index (χ3v) is 4.91. The van der Waals surface area contributed by atoms with Gasteiger partial charge in [0.25, 0.3) is 5.91 Å². The van der Waals surface area contributed by atoms with Crippen LogP contribution in [0.4, 0.5) is 19.0 Å². The van der Waals surface area contributed by atoms with Crippen LogP contribution in [0.2, 0.25) is 0 Å². The number of anilines is 1. The predicted molar refractivity (Wildman–Crippen MR) is 110 cm³/mol. The monoisotopic (exact) mass is 423 g/mol. The van der Waals surface area contributed by atoms with Crippen LogP contribution in [-0.2, 0) is 12.7 Å². The Morgan fingerprint density at radius 3 is 2.52 bits per heavy atom. The summed E-state index contributed by atoms with van der Waals surface area (Å²) in [5, 5.41) is 15.0. The van der Waals surface area contributed by atoms with Crippen LogP contribution in [-0.4, -0.2) is 22.3 Å². The zero-order valence-corrected chi connectivity index (χ0v) is 16.3. The van der Waals surface area contributed by atoms with Gasteiger partial charge in [-0.1, -0.05) is 24.3 Å². The molecule has 1 amide bonds. The summed E-state index contributed by atoms with van der Waals surface area (Å²) in [7, 11) is 1.53. The molecule has 0 saturated heterocycles. The minimum absolute atomic E-state index is 0.0593. The van der Waals surface area contributed by atoms with E-state index in [2.05, 4.69) is 15.6 Å². The van der Waals surface area contributed by atoms with Crippen molar-refractivity contribution in [3.63, 3.8) is 0 Å². The summed E-state index contributed by atoms with van der Waals surface area (Å²) in [6.45, 7) is 0.207. The largest absolute Gasteiger partial charge is 0.417 e. The normalized spacial score (nSPS) is 11.5. The highest BCUT2D eigenvalue weighted by Gasteiger charge is 2.36. The van der Waals surface area contributed by atoms with Gasteiger partial charge in [-0.3, -0.25) is 9.20 Å². The predicted octanol–water partition coefficient (Wildman–Crippen LogP) is 4.35. The molecule has 2 aromatic heterocycles. The van der Waals surface area contributed by atoms with Crippen molar-refractivity contribution >= 4 is 28.4 Å². The lowest BCUT2D eigenvalue weighted by Crippen LogP contribution is -2.17. The molecule has 2 aromatic carbocycles. The molecule has 0 aliphatic carbocycles. The molecule has 0 aliphatic heterocycles. The summed E-state index contributed by atoms with van der Waals surface area (Å²) in [4.78, 5) is 15.9. The minimum atomic E-state index is -4.71. The Morgan fingerprint density at radius 1 is 1.16 bits per heavy atom. The third kappa shape index (κ3) is 3.64. The van der Waals surface area contributed by atoms with Gasteiger partial charge >= 0.3 is 6.18 Å². The molecule has 6 nitrogen and oxygen atoms in total. The lowest BCUT2D eigenvalue weighted by Gasteiger charge is -2.15. The van der Waals surface area contributed by atoms with E-state index in [1.165, 1.54) is 11.4 Å². The van der Waals surface area contributed by atoms with Gasteiger partial charge in [0.15, 0.2) is 5.65 Å². The van der Waals surface area contributed by atoms with Gasteiger partial charge < -0.3 is 10.6 Å². The van der Waals surface area contributed by atoms with Crippen LogP contribution in [0.25, 0.3) is 16.7 Å². The van der Waals surface area contributed by atoms with Crippen molar-refractivity contribution in [2.24, 2.45) is 0 Å². The highest BCUT2D eigenvalue weighted by molar-refractivity contribution is 5.94. The fraction of sp³-hybridized carbons (Fsp3) is 0.136. The average molecular weight is 423 g/mol. The topological polar surface area (TPSA) is 82.2 Å². The number of nitriles is 1. The molecule has 0 aliphatic rings. The second-order valence-corrected chi connectivity index (χ2v) is 6.82. The number of pyridine rings is 1. The Bertz CT molecular complexity index is 1330. The number of fused-ring (bicyclic) bond motifs is 3. The second kappa shape index (κ2) is 7.65. The number of hydrogen-bond acceptors (Lipinski definition) is 4. The molecule has 9 heteroatoms. The van der Waals surface area contributed by atoms with E-state index in [0.717, 1.165) is 11.6 Å². The lowest BCUT2D eigenvalue weighted by molar-refractivity contribution is -0.137. The SMILES string of the molecule is CNC(=O)c1ccc(CNc2cc(C(F)(F)F)c(C#N)c3nc4ccccc4n23)cc1. The van der Waals surface area contributed by atoms with Crippen LogP contribution in [0, 0.1) is 11.3 Å². The van der Waals surface area contributed by atoms with Crippen LogP contribution in [0.5, 0.6) is 0 Å². The number of halogens is 3. The van der Waals surface area contributed by atoms with E-state index in [0.29, 0.717) is 16.6 Å². The Morgan fingerprint density at radius 2 is 1.87 bits per heavy atom. The minimum Gasteiger partial charge on any atom is -0.367 e. The summed E-state index contributed by atoms with van der Waals surface area (Å²) >= 11 is 0. The standard InChI is InChI=1S/C22H16F3N5O/c1-27-21(31)14-8-6-13(7-9-14)12-28-19-10-16(22(23,24)25)15(11-26)20-29-17-4-2-3-5-18(17)30(19)20/h2-10,28H,12H2,1H3,(H,27,31). The first-order valence-corrected chi connectivity index (χ1v) is 9.30. The first-order valence-electron chi connectivity index (χ1n) is 9.30. The molecule has 0 unspecified atom stereocenters. The maximum absolute atomic E-state index is 13.7. The zero-order valence-electron chi connectivity index (χ0n) is 16.3. The van der Waals surface area contributed by atoms with Gasteiger partial charge in [-0.15, -0.1) is 0 Å². The van der Waals surface area contributed by atoms with E-state index in [4.69, 9.17) is 0 Å². The number of carbonyl (C=O) groups is 1. The van der Waals surface area contributed by atoms with Gasteiger partial charge in [0.2, 0.25) is 0 Å². The van der Waals surface area contributed by atoms with Crippen LogP contribution >= 0.6 is 0 Å². The van der Waals surface area contributed by atoms with Crippen LogP contribution in [0.15, 0.2) is 54.6 Å². The number of amides is 1. The molecule has 0 bridgehead atoms. The number of alkyl halides is 3. The summed E-state index contributed by atoms with van der Waals surface area (Å²) in [6, 6.07) is 16.2. The Balaban J connectivity index is 1.81. The van der Waals surface area contributed by atoms with E-state index in [1.807, 2.05) is 0 Å². The molecule has 0 atom stereocenters. The quantitative estimate of drug-likeness (QED) is 0.511. The van der Waals surface area contributed by atoms with Crippen molar-refractivity contribution in [3.05, 3.63) is 76.9 Å². The number of nitrogens with one attached hydrogen (secondary N) is 2. The molecule has 4 rings (SSSR count). The van der Waals surface area contributed by atoms with E-state index in [-0.39, 0.29) is 23.9 Å². The molecule has 4 aromatic rings. The fourth-order valence-corrected chi connectivity index (χ4v) is 3.41. The average Bonchev–Trinajstić information content (AvgIpc) is 3.16. The number of rotatable bonds is 4. The van der Waals surface area contributed by atoms with Crippen molar-refractivity contribution in [1.82, 2.24) is 14.7 Å². The van der Waals surface area contributed by atoms with Crippen LogP contribution in [0.3, 0.4) is 0 Å². The fourth-order valence-electron chi connectivity index (χ4n) is 3.41. The Hall–Kier alpha value is -4.06. The highest BCUT2D eigenvalue weighted by Crippen LogP contribution is 2.37. The molecular formula is C22H16F3N5O. The first-order chi connectivity index (χ1) is 14.8. The summed E-state index contributed by atoms with van der Waals surface area (Å²) < 4.78 is 42.5. The number of hydrogen-bond donors (Lipinski definition) is 2. The van der Waals surface area contributed by atoms with Crippen LogP contribution in [0.1, 0.15) is 27.0 Å². The number of benzene rings is 2. The van der Waals surface area contributed by atoms with E-state index in [1.54, 1.807) is 54.6 Å². The summed E-state index contributed by atoms with van der Waals surface area (Å²) in [6.07, 6.45) is -4.71. The van der Waals surface area contributed by atoms with Crippen LogP contribution < -0.4 is 10.6 Å². The first kappa shape index (κ1) is 20.2. The Labute approximate surface area is 174 Å². The van der Waals surface area contributed by atoms with E-state index in [9.17, 15) is 23.2 Å². The van der Waals surface area contributed by atoms with Crippen molar-refractivity contribution in [3.8, 4) is 6.07 Å². The Kier molecular flexibility index (Phi) is 4.99. The van der Waals surface area contributed by atoms with Gasteiger partial charge in [-0.05, 0) is 35.9 Å². The molecule has 0 radical (unpaired) electrons. The van der Waals surface area contributed by atoms with E-state index >= 15 is 0 Å².